The van der Waals surface area contributed by atoms with Gasteiger partial charge in [-0.3, -0.25) is 9.13 Å². The van der Waals surface area contributed by atoms with E-state index in [0.717, 1.165) is 38.2 Å². The van der Waals surface area contributed by atoms with Crippen LogP contribution in [0.1, 0.15) is 55.7 Å². The van der Waals surface area contributed by atoms with Gasteiger partial charge in [-0.1, -0.05) is 51.1 Å². The smallest absolute Gasteiger partial charge is 0.337 e. The summed E-state index contributed by atoms with van der Waals surface area (Å²) in [5.41, 5.74) is 2.65. The summed E-state index contributed by atoms with van der Waals surface area (Å²) in [6.45, 7) is 11.1. The van der Waals surface area contributed by atoms with E-state index in [0.29, 0.717) is 28.5 Å². The van der Waals surface area contributed by atoms with E-state index < -0.39 is 5.97 Å². The van der Waals surface area contributed by atoms with Crippen LogP contribution >= 0.6 is 12.4 Å². The number of aromatic nitrogens is 4. The minimum atomic E-state index is -1.09. The number of aromatic carboxylic acids is 1. The fraction of sp³-hybridized carbons (Fsp3) is 0.379. The molecule has 39 heavy (non-hydrogen) atoms. The lowest BCUT2D eigenvalue weighted by atomic mass is 9.94. The molecule has 9 nitrogen and oxygen atoms in total. The lowest BCUT2D eigenvalue weighted by Gasteiger charge is -2.36. The third-order valence-electron chi connectivity index (χ3n) is 6.84. The van der Waals surface area contributed by atoms with Gasteiger partial charge in [-0.25, -0.2) is 14.6 Å². The summed E-state index contributed by atoms with van der Waals surface area (Å²) in [5, 5.41) is 13.1. The molecule has 206 valence electrons. The first kappa shape index (κ1) is 28.3. The molecule has 1 atom stereocenters. The van der Waals surface area contributed by atoms with Crippen molar-refractivity contribution in [3.8, 4) is 5.69 Å². The summed E-state index contributed by atoms with van der Waals surface area (Å²) in [6, 6.07) is 16.1. The standard InChI is InChI=1S/C29H34N6O3.ClH/c1-19-24-25(32-27(30-19)31-20-11-6-5-7-12-20)34(21-13-10-16-33(17-21)18-29(2,3)4)28(38)35(24)23-15-9-8-14-22(23)26(36)37;/h5-9,11-12,14-15,21H,10,13,16-18H2,1-4H3,(H,36,37)(H,30,31,32);1H/t21-;/m0./s1. The number of likely N-dealkylation sites (tertiary alicyclic amines) is 1. The number of carboxylic acid groups (broad SMARTS) is 1. The molecule has 2 N–H and O–H groups in total. The van der Waals surface area contributed by atoms with E-state index in [4.69, 9.17) is 4.98 Å². The highest BCUT2D eigenvalue weighted by Crippen LogP contribution is 2.30. The van der Waals surface area contributed by atoms with Gasteiger partial charge in [0.05, 0.1) is 23.0 Å². The Morgan fingerprint density at radius 3 is 2.46 bits per heavy atom. The Kier molecular flexibility index (Phi) is 8.13. The lowest BCUT2D eigenvalue weighted by Crippen LogP contribution is -2.43. The Morgan fingerprint density at radius 2 is 1.77 bits per heavy atom. The molecular formula is C29H35ClN6O3. The number of hydrogen-bond donors (Lipinski definition) is 2. The predicted octanol–water partition coefficient (Wildman–Crippen LogP) is 5.44. The molecule has 1 saturated heterocycles. The fourth-order valence-electron chi connectivity index (χ4n) is 5.44. The topological polar surface area (TPSA) is 105 Å². The number of carbonyl (C=O) groups is 1. The number of piperidine rings is 1. The van der Waals surface area contributed by atoms with Crippen LogP contribution in [0, 0.1) is 12.3 Å². The molecule has 0 saturated carbocycles. The summed E-state index contributed by atoms with van der Waals surface area (Å²) in [7, 11) is 0. The maximum atomic E-state index is 14.2. The number of imidazole rings is 1. The molecule has 4 aromatic rings. The van der Waals surface area contributed by atoms with Crippen molar-refractivity contribution in [2.75, 3.05) is 25.0 Å². The quantitative estimate of drug-likeness (QED) is 0.329. The summed E-state index contributed by atoms with van der Waals surface area (Å²) in [4.78, 5) is 38.2. The fourth-order valence-corrected chi connectivity index (χ4v) is 5.44. The minimum Gasteiger partial charge on any atom is -0.478 e. The van der Waals surface area contributed by atoms with Crippen molar-refractivity contribution in [1.29, 1.82) is 0 Å². The number of nitrogens with one attached hydrogen (secondary N) is 1. The average molecular weight is 551 g/mol. The van der Waals surface area contributed by atoms with E-state index in [9.17, 15) is 14.7 Å². The van der Waals surface area contributed by atoms with E-state index in [2.05, 4.69) is 36.0 Å². The maximum Gasteiger partial charge on any atom is 0.337 e. The molecule has 0 aliphatic carbocycles. The van der Waals surface area contributed by atoms with Crippen LogP contribution in [0.25, 0.3) is 16.9 Å². The molecule has 5 rings (SSSR count). The summed E-state index contributed by atoms with van der Waals surface area (Å²) in [6.07, 6.45) is 1.80. The second kappa shape index (κ2) is 11.2. The molecule has 1 aliphatic rings. The number of nitrogens with zero attached hydrogens (tertiary/aromatic N) is 5. The first-order valence-electron chi connectivity index (χ1n) is 13.0. The highest BCUT2D eigenvalue weighted by Gasteiger charge is 2.30. The zero-order valence-electron chi connectivity index (χ0n) is 22.7. The molecular weight excluding hydrogens is 516 g/mol. The van der Waals surface area contributed by atoms with Crippen LogP contribution in [0.3, 0.4) is 0 Å². The number of fused-ring (bicyclic) bond motifs is 1. The summed E-state index contributed by atoms with van der Waals surface area (Å²) >= 11 is 0. The van der Waals surface area contributed by atoms with Crippen molar-refractivity contribution in [1.82, 2.24) is 24.0 Å². The van der Waals surface area contributed by atoms with Gasteiger partial charge < -0.3 is 15.3 Å². The molecule has 10 heteroatoms. The van der Waals surface area contributed by atoms with Gasteiger partial charge in [-0.2, -0.15) is 4.98 Å². The maximum absolute atomic E-state index is 14.2. The molecule has 2 aromatic carbocycles. The number of anilines is 2. The normalized spacial score (nSPS) is 16.2. The van der Waals surface area contributed by atoms with Crippen LogP contribution in [0.15, 0.2) is 59.4 Å². The van der Waals surface area contributed by atoms with Crippen molar-refractivity contribution in [3.05, 3.63) is 76.3 Å². The number of carboxylic acids is 1. The summed E-state index contributed by atoms with van der Waals surface area (Å²) < 4.78 is 3.23. The third kappa shape index (κ3) is 5.84. The highest BCUT2D eigenvalue weighted by molar-refractivity contribution is 5.93. The molecule has 0 radical (unpaired) electrons. The molecule has 1 aliphatic heterocycles. The van der Waals surface area contributed by atoms with Gasteiger partial charge in [0.25, 0.3) is 0 Å². The van der Waals surface area contributed by atoms with E-state index >= 15 is 0 Å². The lowest BCUT2D eigenvalue weighted by molar-refractivity contribution is 0.0697. The molecule has 3 heterocycles. The molecule has 0 bridgehead atoms. The second-order valence-electron chi connectivity index (χ2n) is 11.2. The summed E-state index contributed by atoms with van der Waals surface area (Å²) in [5.74, 6) is -0.704. The number of hydrogen-bond acceptors (Lipinski definition) is 6. The van der Waals surface area contributed by atoms with Crippen molar-refractivity contribution in [2.24, 2.45) is 5.41 Å². The van der Waals surface area contributed by atoms with Gasteiger partial charge in [0.1, 0.15) is 5.52 Å². The second-order valence-corrected chi connectivity index (χ2v) is 11.2. The molecule has 0 amide bonds. The Hall–Kier alpha value is -3.69. The third-order valence-corrected chi connectivity index (χ3v) is 6.84. The van der Waals surface area contributed by atoms with Gasteiger partial charge in [-0.05, 0) is 56.0 Å². The predicted molar refractivity (Wildman–Crippen MR) is 156 cm³/mol. The highest BCUT2D eigenvalue weighted by atomic mass is 35.5. The van der Waals surface area contributed by atoms with Crippen molar-refractivity contribution in [2.45, 2.75) is 46.6 Å². The van der Waals surface area contributed by atoms with Crippen LogP contribution < -0.4 is 11.0 Å². The molecule has 2 aromatic heterocycles. The van der Waals surface area contributed by atoms with E-state index in [1.54, 1.807) is 22.8 Å². The van der Waals surface area contributed by atoms with Crippen molar-refractivity contribution < 1.29 is 9.90 Å². The van der Waals surface area contributed by atoms with E-state index in [1.165, 1.54) is 10.6 Å². The first-order chi connectivity index (χ1) is 18.1. The largest absolute Gasteiger partial charge is 0.478 e. The molecule has 0 spiro atoms. The van der Waals surface area contributed by atoms with Crippen molar-refractivity contribution >= 4 is 41.2 Å². The Morgan fingerprint density at radius 1 is 1.08 bits per heavy atom. The van der Waals surface area contributed by atoms with Gasteiger partial charge >= 0.3 is 11.7 Å². The monoisotopic (exact) mass is 550 g/mol. The Labute approximate surface area is 233 Å². The zero-order chi connectivity index (χ0) is 27.0. The number of para-hydroxylation sites is 2. The first-order valence-corrected chi connectivity index (χ1v) is 13.0. The Balaban J connectivity index is 0.00000353. The van der Waals surface area contributed by atoms with E-state index in [1.807, 2.05) is 37.3 Å². The van der Waals surface area contributed by atoms with Gasteiger partial charge in [-0.15, -0.1) is 12.4 Å². The van der Waals surface area contributed by atoms with Crippen LogP contribution in [0.5, 0.6) is 0 Å². The van der Waals surface area contributed by atoms with Crippen LogP contribution in [0.2, 0.25) is 0 Å². The van der Waals surface area contributed by atoms with Crippen LogP contribution in [-0.2, 0) is 0 Å². The van der Waals surface area contributed by atoms with Gasteiger partial charge in [0, 0.05) is 18.8 Å². The zero-order valence-corrected chi connectivity index (χ0v) is 23.5. The van der Waals surface area contributed by atoms with Crippen molar-refractivity contribution in [3.63, 3.8) is 0 Å². The number of rotatable bonds is 6. The average Bonchev–Trinajstić information content (AvgIpc) is 3.15. The molecule has 0 unspecified atom stereocenters. The molecule has 1 fully saturated rings. The van der Waals surface area contributed by atoms with Crippen LogP contribution in [0.4, 0.5) is 11.6 Å². The number of benzene rings is 2. The number of aryl methyl sites for hydroxylation is 1. The SMILES string of the molecule is Cc1nc(Nc2ccccc2)nc2c1n(-c1ccccc1C(=O)O)c(=O)n2[C@H]1CCCN(CC(C)(C)C)C1.Cl. The van der Waals surface area contributed by atoms with E-state index in [-0.39, 0.29) is 35.1 Å². The van der Waals surface area contributed by atoms with Gasteiger partial charge in [0.2, 0.25) is 5.95 Å². The Bertz CT molecular complexity index is 1540. The minimum absolute atomic E-state index is 0. The van der Waals surface area contributed by atoms with Crippen LogP contribution in [-0.4, -0.2) is 54.7 Å². The number of halogens is 1. The van der Waals surface area contributed by atoms with Gasteiger partial charge in [0.15, 0.2) is 5.65 Å².